The van der Waals surface area contributed by atoms with Crippen LogP contribution in [0.25, 0.3) is 0 Å². The Morgan fingerprint density at radius 3 is 2.75 bits per heavy atom. The molecule has 0 amide bonds. The van der Waals surface area contributed by atoms with Crippen LogP contribution < -0.4 is 10.2 Å². The molecule has 0 spiro atoms. The summed E-state index contributed by atoms with van der Waals surface area (Å²) in [6.45, 7) is 11.0. The van der Waals surface area contributed by atoms with Crippen LogP contribution in [0.5, 0.6) is 0 Å². The van der Waals surface area contributed by atoms with Gasteiger partial charge in [0.25, 0.3) is 0 Å². The first-order valence-corrected chi connectivity index (χ1v) is 8.30. The van der Waals surface area contributed by atoms with Crippen LogP contribution in [-0.2, 0) is 0 Å². The van der Waals surface area contributed by atoms with Crippen molar-refractivity contribution < 1.29 is 0 Å². The van der Waals surface area contributed by atoms with Gasteiger partial charge in [0.2, 0.25) is 0 Å². The zero-order valence-electron chi connectivity index (χ0n) is 13.0. The summed E-state index contributed by atoms with van der Waals surface area (Å²) in [5.74, 6) is 0. The molecule has 1 saturated heterocycles. The third-order valence-electron chi connectivity index (χ3n) is 4.28. The highest BCUT2D eigenvalue weighted by molar-refractivity contribution is 9.10. The maximum Gasteiger partial charge on any atom is 0.0511 e. The molecule has 0 bridgehead atoms. The van der Waals surface area contributed by atoms with E-state index in [0.29, 0.717) is 12.1 Å². The SMILES string of the molecule is CCNC(C)c1ccc(N2CCN(C)C(C)C2)c(Br)c1. The summed E-state index contributed by atoms with van der Waals surface area (Å²) in [6, 6.07) is 7.76. The number of piperazine rings is 1. The van der Waals surface area contributed by atoms with Gasteiger partial charge < -0.3 is 15.1 Å². The molecule has 3 nitrogen and oxygen atoms in total. The molecule has 1 aliphatic rings. The summed E-state index contributed by atoms with van der Waals surface area (Å²) in [6.07, 6.45) is 0. The lowest BCUT2D eigenvalue weighted by atomic mass is 10.1. The molecule has 2 rings (SSSR count). The number of hydrogen-bond acceptors (Lipinski definition) is 3. The fraction of sp³-hybridized carbons (Fsp3) is 0.625. The summed E-state index contributed by atoms with van der Waals surface area (Å²) in [5, 5.41) is 3.46. The van der Waals surface area contributed by atoms with Crippen LogP contribution in [-0.4, -0.2) is 44.2 Å². The van der Waals surface area contributed by atoms with Gasteiger partial charge in [-0.1, -0.05) is 13.0 Å². The maximum atomic E-state index is 3.75. The van der Waals surface area contributed by atoms with E-state index in [4.69, 9.17) is 0 Å². The van der Waals surface area contributed by atoms with Gasteiger partial charge in [-0.3, -0.25) is 0 Å². The van der Waals surface area contributed by atoms with Crippen molar-refractivity contribution in [3.8, 4) is 0 Å². The summed E-state index contributed by atoms with van der Waals surface area (Å²) in [4.78, 5) is 4.91. The van der Waals surface area contributed by atoms with Gasteiger partial charge in [0.1, 0.15) is 0 Å². The van der Waals surface area contributed by atoms with Crippen LogP contribution in [0.1, 0.15) is 32.4 Å². The summed E-state index contributed by atoms with van der Waals surface area (Å²) in [5.41, 5.74) is 2.65. The van der Waals surface area contributed by atoms with Gasteiger partial charge in [-0.2, -0.15) is 0 Å². The van der Waals surface area contributed by atoms with Crippen LogP contribution >= 0.6 is 15.9 Å². The van der Waals surface area contributed by atoms with Crippen molar-refractivity contribution in [3.05, 3.63) is 28.2 Å². The zero-order valence-corrected chi connectivity index (χ0v) is 14.6. The van der Waals surface area contributed by atoms with E-state index in [2.05, 4.69) is 77.1 Å². The quantitative estimate of drug-likeness (QED) is 0.908. The molecule has 0 radical (unpaired) electrons. The van der Waals surface area contributed by atoms with Crippen LogP contribution in [0.2, 0.25) is 0 Å². The number of benzene rings is 1. The number of hydrogen-bond donors (Lipinski definition) is 1. The van der Waals surface area contributed by atoms with Crippen LogP contribution in [0.15, 0.2) is 22.7 Å². The molecule has 1 N–H and O–H groups in total. The van der Waals surface area contributed by atoms with E-state index in [-0.39, 0.29) is 0 Å². The van der Waals surface area contributed by atoms with Crippen molar-refractivity contribution in [2.45, 2.75) is 32.9 Å². The molecule has 1 fully saturated rings. The minimum Gasteiger partial charge on any atom is -0.368 e. The Morgan fingerprint density at radius 2 is 2.15 bits per heavy atom. The number of nitrogens with one attached hydrogen (secondary N) is 1. The molecular formula is C16H26BrN3. The number of likely N-dealkylation sites (N-methyl/N-ethyl adjacent to an activating group) is 1. The second-order valence-corrected chi connectivity index (χ2v) is 6.62. The molecule has 2 unspecified atom stereocenters. The third-order valence-corrected chi connectivity index (χ3v) is 4.92. The highest BCUT2D eigenvalue weighted by Crippen LogP contribution is 2.30. The Morgan fingerprint density at radius 1 is 1.40 bits per heavy atom. The van der Waals surface area contributed by atoms with Gasteiger partial charge in [0.05, 0.1) is 5.69 Å². The van der Waals surface area contributed by atoms with Crippen LogP contribution in [0, 0.1) is 0 Å². The lowest BCUT2D eigenvalue weighted by molar-refractivity contribution is 0.234. The topological polar surface area (TPSA) is 18.5 Å². The predicted octanol–water partition coefficient (Wildman–Crippen LogP) is 3.26. The fourth-order valence-corrected chi connectivity index (χ4v) is 3.39. The molecule has 1 aromatic carbocycles. The van der Waals surface area contributed by atoms with Gasteiger partial charge in [-0.25, -0.2) is 0 Å². The first-order valence-electron chi connectivity index (χ1n) is 7.51. The highest BCUT2D eigenvalue weighted by atomic mass is 79.9. The van der Waals surface area contributed by atoms with Crippen molar-refractivity contribution >= 4 is 21.6 Å². The van der Waals surface area contributed by atoms with Crippen molar-refractivity contribution in [2.75, 3.05) is 38.1 Å². The smallest absolute Gasteiger partial charge is 0.0511 e. The molecule has 4 heteroatoms. The van der Waals surface area contributed by atoms with E-state index in [1.54, 1.807) is 0 Å². The average Bonchev–Trinajstić information content (AvgIpc) is 2.42. The number of nitrogens with zero attached hydrogens (tertiary/aromatic N) is 2. The van der Waals surface area contributed by atoms with E-state index >= 15 is 0 Å². The molecule has 0 aliphatic carbocycles. The van der Waals surface area contributed by atoms with Gasteiger partial charge in [0, 0.05) is 36.2 Å². The number of halogens is 1. The molecule has 112 valence electrons. The molecule has 1 aromatic rings. The zero-order chi connectivity index (χ0) is 14.7. The average molecular weight is 340 g/mol. The lowest BCUT2D eigenvalue weighted by Gasteiger charge is -2.39. The van der Waals surface area contributed by atoms with Gasteiger partial charge in [-0.15, -0.1) is 0 Å². The van der Waals surface area contributed by atoms with Crippen LogP contribution in [0.3, 0.4) is 0 Å². The van der Waals surface area contributed by atoms with E-state index in [1.165, 1.54) is 15.7 Å². The fourth-order valence-electron chi connectivity index (χ4n) is 2.74. The normalized spacial score (nSPS) is 22.1. The number of rotatable bonds is 4. The van der Waals surface area contributed by atoms with Gasteiger partial charge >= 0.3 is 0 Å². The molecule has 0 aromatic heterocycles. The predicted molar refractivity (Wildman–Crippen MR) is 90.5 cm³/mol. The first-order chi connectivity index (χ1) is 9.52. The Kier molecular flexibility index (Phi) is 5.47. The largest absolute Gasteiger partial charge is 0.368 e. The molecule has 0 saturated carbocycles. The lowest BCUT2D eigenvalue weighted by Crippen LogP contribution is -2.50. The van der Waals surface area contributed by atoms with Gasteiger partial charge in [0.15, 0.2) is 0 Å². The van der Waals surface area contributed by atoms with E-state index in [1.807, 2.05) is 0 Å². The standard InChI is InChI=1S/C16H26BrN3/c1-5-18-13(3)14-6-7-16(15(17)10-14)20-9-8-19(4)12(2)11-20/h6-7,10,12-13,18H,5,8-9,11H2,1-4H3. The molecule has 20 heavy (non-hydrogen) atoms. The van der Waals surface area contributed by atoms with Crippen molar-refractivity contribution in [3.63, 3.8) is 0 Å². The number of anilines is 1. The molecule has 1 heterocycles. The van der Waals surface area contributed by atoms with Gasteiger partial charge in [-0.05, 0) is 61.1 Å². The van der Waals surface area contributed by atoms with E-state index in [0.717, 1.165) is 26.2 Å². The highest BCUT2D eigenvalue weighted by Gasteiger charge is 2.22. The third kappa shape index (κ3) is 3.54. The van der Waals surface area contributed by atoms with Crippen molar-refractivity contribution in [2.24, 2.45) is 0 Å². The first kappa shape index (κ1) is 15.8. The minimum atomic E-state index is 0.400. The van der Waals surface area contributed by atoms with E-state index in [9.17, 15) is 0 Å². The summed E-state index contributed by atoms with van der Waals surface area (Å²) >= 11 is 3.75. The monoisotopic (exact) mass is 339 g/mol. The Labute approximate surface area is 131 Å². The molecule has 1 aliphatic heterocycles. The van der Waals surface area contributed by atoms with Crippen molar-refractivity contribution in [1.82, 2.24) is 10.2 Å². The molecule has 2 atom stereocenters. The van der Waals surface area contributed by atoms with Crippen LogP contribution in [0.4, 0.5) is 5.69 Å². The Bertz CT molecular complexity index is 449. The second-order valence-electron chi connectivity index (χ2n) is 5.77. The second kappa shape index (κ2) is 6.92. The maximum absolute atomic E-state index is 3.75. The Hall–Kier alpha value is -0.580. The summed E-state index contributed by atoms with van der Waals surface area (Å²) in [7, 11) is 2.21. The minimum absolute atomic E-state index is 0.400. The Balaban J connectivity index is 2.13. The summed E-state index contributed by atoms with van der Waals surface area (Å²) < 4.78 is 1.21. The van der Waals surface area contributed by atoms with E-state index < -0.39 is 0 Å². The molecular weight excluding hydrogens is 314 g/mol. The van der Waals surface area contributed by atoms with Crippen molar-refractivity contribution in [1.29, 1.82) is 0 Å².